The van der Waals surface area contributed by atoms with Crippen molar-refractivity contribution in [2.45, 2.75) is 45.1 Å². The highest BCUT2D eigenvalue weighted by Gasteiger charge is 2.26. The lowest BCUT2D eigenvalue weighted by Crippen LogP contribution is -2.31. The zero-order chi connectivity index (χ0) is 41.6. The number of aryl methyl sites for hydroxylation is 2. The third kappa shape index (κ3) is 7.24. The number of primary amides is 1. The molecule has 61 heavy (non-hydrogen) atoms. The minimum Gasteiger partial charge on any atom is -0.369 e. The Hall–Kier alpha value is -7.34. The topological polar surface area (TPSA) is 142 Å². The molecule has 2 atom stereocenters. The maximum atomic E-state index is 13.8. The molecule has 8 aromatic rings. The van der Waals surface area contributed by atoms with E-state index in [1.807, 2.05) is 62.0 Å². The van der Waals surface area contributed by atoms with E-state index < -0.39 is 0 Å². The normalized spacial score (nSPS) is 16.8. The van der Waals surface area contributed by atoms with Crippen LogP contribution in [0.15, 0.2) is 128 Å². The molecule has 10 rings (SSSR count). The molecule has 0 aliphatic heterocycles. The Labute approximate surface area is 353 Å². The summed E-state index contributed by atoms with van der Waals surface area (Å²) in [7, 11) is 3.84. The van der Waals surface area contributed by atoms with Crippen LogP contribution < -0.4 is 11.1 Å². The molecule has 3 N–H and O–H groups in total. The molecule has 6 aromatic heterocycles. The molecule has 2 unspecified atom stereocenters. The highest BCUT2D eigenvalue weighted by Crippen LogP contribution is 2.36. The van der Waals surface area contributed by atoms with E-state index in [9.17, 15) is 9.59 Å². The highest BCUT2D eigenvalue weighted by atomic mass is 16.2. The fraction of sp³-hybridized carbons (Fsp3) is 0.224. The molecule has 12 heteroatoms. The van der Waals surface area contributed by atoms with Crippen molar-refractivity contribution in [3.05, 3.63) is 145 Å². The van der Waals surface area contributed by atoms with E-state index in [4.69, 9.17) is 15.7 Å². The van der Waals surface area contributed by atoms with Crippen LogP contribution >= 0.6 is 0 Å². The number of aromatic nitrogens is 8. The van der Waals surface area contributed by atoms with Crippen molar-refractivity contribution in [1.29, 1.82) is 0 Å². The van der Waals surface area contributed by atoms with Crippen LogP contribution in [0.5, 0.6) is 0 Å². The van der Waals surface area contributed by atoms with E-state index in [2.05, 4.69) is 109 Å². The fourth-order valence-corrected chi connectivity index (χ4v) is 9.00. The van der Waals surface area contributed by atoms with Crippen LogP contribution in [0, 0.1) is 11.8 Å². The van der Waals surface area contributed by atoms with Crippen molar-refractivity contribution in [3.8, 4) is 44.8 Å². The van der Waals surface area contributed by atoms with Gasteiger partial charge in [0.25, 0.3) is 0 Å². The van der Waals surface area contributed by atoms with Gasteiger partial charge >= 0.3 is 0 Å². The molecule has 12 nitrogen and oxygen atoms in total. The van der Waals surface area contributed by atoms with Gasteiger partial charge in [0.2, 0.25) is 11.8 Å². The number of hydrogen-bond donors (Lipinski definition) is 2. The maximum Gasteiger partial charge on any atom is 0.223 e. The second kappa shape index (κ2) is 15.7. The van der Waals surface area contributed by atoms with Crippen molar-refractivity contribution in [1.82, 2.24) is 43.6 Å². The SMILES string of the molecule is Cn1cc(-c2ccc(-c3cnc4cccc(C5=CCC(C(=O)NCc6ccc(C7=CCC(C(N)=O)CC7)n7c(-c8ccc(-c9cnn(C)c9)cc8)cnc67)CC5)n34)cc2)cn1. The first-order chi connectivity index (χ1) is 29.8. The van der Waals surface area contributed by atoms with E-state index in [0.717, 1.165) is 97.8 Å². The van der Waals surface area contributed by atoms with Crippen molar-refractivity contribution in [2.24, 2.45) is 31.7 Å². The molecule has 0 fully saturated rings. The molecule has 0 saturated carbocycles. The van der Waals surface area contributed by atoms with E-state index in [1.54, 1.807) is 4.68 Å². The van der Waals surface area contributed by atoms with Crippen molar-refractivity contribution >= 4 is 34.3 Å². The smallest absolute Gasteiger partial charge is 0.223 e. The Bertz CT molecular complexity index is 3010. The first-order valence-electron chi connectivity index (χ1n) is 20.9. The molecule has 2 aliphatic carbocycles. The van der Waals surface area contributed by atoms with E-state index >= 15 is 0 Å². The van der Waals surface area contributed by atoms with Crippen molar-refractivity contribution in [3.63, 3.8) is 0 Å². The van der Waals surface area contributed by atoms with Crippen LogP contribution in [0.4, 0.5) is 0 Å². The summed E-state index contributed by atoms with van der Waals surface area (Å²) in [5.74, 6) is -0.504. The summed E-state index contributed by atoms with van der Waals surface area (Å²) in [4.78, 5) is 35.5. The predicted octanol–water partition coefficient (Wildman–Crippen LogP) is 8.29. The molecule has 2 amide bonds. The number of rotatable bonds is 10. The number of benzene rings is 2. The summed E-state index contributed by atoms with van der Waals surface area (Å²) >= 11 is 0. The van der Waals surface area contributed by atoms with Gasteiger partial charge in [-0.25, -0.2) is 9.97 Å². The Balaban J connectivity index is 0.882. The summed E-state index contributed by atoms with van der Waals surface area (Å²) in [6, 6.07) is 27.4. The zero-order valence-electron chi connectivity index (χ0n) is 34.2. The first kappa shape index (κ1) is 37.9. The van der Waals surface area contributed by atoms with Gasteiger partial charge in [-0.15, -0.1) is 0 Å². The standard InChI is InChI=1S/C49H46N10O2/c1-56-29-40(25-54-56)31-6-10-35(11-7-31)44-27-51-46-5-3-4-42(58(44)46)33-16-20-38(21-17-33)49(61)53-24-39-22-23-43(34-14-18-37(19-15-34)47(50)60)59-45(28-52-48(39)59)36-12-8-32(9-13-36)41-26-55-57(2)30-41/h3-14,16,22-23,25-30,37-38H,15,17-21,24H2,1-2H3,(H2,50,60)(H,53,61). The molecular formula is C49H46N10O2. The first-order valence-corrected chi connectivity index (χ1v) is 20.9. The largest absolute Gasteiger partial charge is 0.369 e. The highest BCUT2D eigenvalue weighted by molar-refractivity contribution is 5.82. The van der Waals surface area contributed by atoms with Gasteiger partial charge < -0.3 is 11.1 Å². The number of carbonyl (C=O) groups excluding carboxylic acids is 2. The van der Waals surface area contributed by atoms with Gasteiger partial charge in [-0.2, -0.15) is 10.2 Å². The fourth-order valence-electron chi connectivity index (χ4n) is 9.00. The van der Waals surface area contributed by atoms with Crippen molar-refractivity contribution < 1.29 is 9.59 Å². The number of allylic oxidation sites excluding steroid dienone is 4. The summed E-state index contributed by atoms with van der Waals surface area (Å²) in [6.07, 6.45) is 20.2. The second-order valence-corrected chi connectivity index (χ2v) is 16.3. The lowest BCUT2D eigenvalue weighted by molar-refractivity contribution is -0.125. The third-order valence-electron chi connectivity index (χ3n) is 12.4. The molecule has 2 aliphatic rings. The molecule has 0 saturated heterocycles. The summed E-state index contributed by atoms with van der Waals surface area (Å²) in [5.41, 5.74) is 21.2. The van der Waals surface area contributed by atoms with Crippen LogP contribution in [-0.2, 0) is 30.2 Å². The predicted molar refractivity (Wildman–Crippen MR) is 237 cm³/mol. The summed E-state index contributed by atoms with van der Waals surface area (Å²) < 4.78 is 8.04. The average molecular weight is 807 g/mol. The molecule has 0 spiro atoms. The lowest BCUT2D eigenvalue weighted by Gasteiger charge is -2.23. The van der Waals surface area contributed by atoms with Gasteiger partial charge in [-0.3, -0.25) is 27.8 Å². The van der Waals surface area contributed by atoms with Gasteiger partial charge in [-0.1, -0.05) is 72.8 Å². The number of fused-ring (bicyclic) bond motifs is 2. The number of nitrogens with one attached hydrogen (secondary N) is 1. The molecule has 6 heterocycles. The van der Waals surface area contributed by atoms with Crippen molar-refractivity contribution in [2.75, 3.05) is 0 Å². The van der Waals surface area contributed by atoms with Gasteiger partial charge in [0.15, 0.2) is 0 Å². The van der Waals surface area contributed by atoms with E-state index in [0.29, 0.717) is 25.8 Å². The number of nitrogens with two attached hydrogens (primary N) is 1. The van der Waals surface area contributed by atoms with Crippen LogP contribution in [0.25, 0.3) is 67.2 Å². The Morgan fingerprint density at radius 3 is 1.74 bits per heavy atom. The quantitative estimate of drug-likeness (QED) is 0.143. The average Bonchev–Trinajstić information content (AvgIpc) is 4.13. The molecule has 304 valence electrons. The number of carbonyl (C=O) groups is 2. The number of nitrogens with zero attached hydrogens (tertiary/aromatic N) is 8. The monoisotopic (exact) mass is 806 g/mol. The lowest BCUT2D eigenvalue weighted by atomic mass is 9.87. The van der Waals surface area contributed by atoms with Crippen LogP contribution in [-0.4, -0.2) is 50.1 Å². The van der Waals surface area contributed by atoms with Crippen LogP contribution in [0.1, 0.15) is 55.5 Å². The number of pyridine rings is 2. The van der Waals surface area contributed by atoms with Crippen LogP contribution in [0.2, 0.25) is 0 Å². The van der Waals surface area contributed by atoms with E-state index in [1.165, 1.54) is 5.57 Å². The number of amides is 2. The minimum absolute atomic E-state index is 0.0398. The number of imidazole rings is 2. The third-order valence-corrected chi connectivity index (χ3v) is 12.4. The minimum atomic E-state index is -0.252. The van der Waals surface area contributed by atoms with Gasteiger partial charge in [0, 0.05) is 72.7 Å². The van der Waals surface area contributed by atoms with E-state index in [-0.39, 0.29) is 23.7 Å². The molecule has 0 bridgehead atoms. The Kier molecular flexibility index (Phi) is 9.74. The second-order valence-electron chi connectivity index (χ2n) is 16.3. The Morgan fingerprint density at radius 1 is 0.623 bits per heavy atom. The molecule has 2 aromatic carbocycles. The maximum absolute atomic E-state index is 13.8. The molecule has 0 radical (unpaired) electrons. The molecular weight excluding hydrogens is 761 g/mol. The zero-order valence-corrected chi connectivity index (χ0v) is 34.2. The Morgan fingerprint density at radius 2 is 1.18 bits per heavy atom. The van der Waals surface area contributed by atoms with Gasteiger partial charge in [0.1, 0.15) is 11.3 Å². The van der Waals surface area contributed by atoms with Crippen LogP contribution in [0.3, 0.4) is 0 Å². The summed E-state index contributed by atoms with van der Waals surface area (Å²) in [5, 5.41) is 11.9. The van der Waals surface area contributed by atoms with Gasteiger partial charge in [-0.05, 0) is 79.0 Å². The summed E-state index contributed by atoms with van der Waals surface area (Å²) in [6.45, 7) is 0.353. The van der Waals surface area contributed by atoms with Gasteiger partial charge in [0.05, 0.1) is 47.6 Å². The number of hydrogen-bond acceptors (Lipinski definition) is 6.